The van der Waals surface area contributed by atoms with Gasteiger partial charge in [-0.2, -0.15) is 0 Å². The Morgan fingerprint density at radius 1 is 1.22 bits per heavy atom. The molecule has 2 aromatic rings. The number of carbonyl (C=O) groups is 1. The van der Waals surface area contributed by atoms with E-state index in [-0.39, 0.29) is 11.4 Å². The van der Waals surface area contributed by atoms with Gasteiger partial charge < -0.3 is 24.4 Å². The lowest BCUT2D eigenvalue weighted by Gasteiger charge is -2.26. The number of fused-ring (bicyclic) bond motifs is 1. The van der Waals surface area contributed by atoms with E-state index in [1.165, 1.54) is 0 Å². The van der Waals surface area contributed by atoms with E-state index >= 15 is 0 Å². The lowest BCUT2D eigenvalue weighted by atomic mass is 10.2. The lowest BCUT2D eigenvalue weighted by Crippen LogP contribution is -2.34. The molecule has 0 radical (unpaired) electrons. The van der Waals surface area contributed by atoms with Gasteiger partial charge in [-0.15, -0.1) is 11.8 Å². The molecule has 27 heavy (non-hydrogen) atoms. The highest BCUT2D eigenvalue weighted by molar-refractivity contribution is 9.10. The predicted molar refractivity (Wildman–Crippen MR) is 109 cm³/mol. The maximum absolute atomic E-state index is 12.9. The minimum atomic E-state index is -0.149. The van der Waals surface area contributed by atoms with Gasteiger partial charge in [-0.25, -0.2) is 4.79 Å². The Labute approximate surface area is 170 Å². The van der Waals surface area contributed by atoms with Crippen molar-refractivity contribution in [1.82, 2.24) is 4.90 Å². The van der Waals surface area contributed by atoms with E-state index in [0.717, 1.165) is 21.5 Å². The van der Waals surface area contributed by atoms with Crippen LogP contribution in [0.15, 0.2) is 40.9 Å². The van der Waals surface area contributed by atoms with E-state index in [9.17, 15) is 4.79 Å². The summed E-state index contributed by atoms with van der Waals surface area (Å²) in [7, 11) is 1.64. The second-order valence-corrected chi connectivity index (χ2v) is 8.20. The number of carbonyl (C=O) groups excluding carboxylic acids is 1. The van der Waals surface area contributed by atoms with E-state index in [4.69, 9.17) is 14.2 Å². The summed E-state index contributed by atoms with van der Waals surface area (Å²) >= 11 is 5.23. The maximum Gasteiger partial charge on any atom is 0.323 e. The molecule has 2 heterocycles. The second kappa shape index (κ2) is 7.90. The van der Waals surface area contributed by atoms with Gasteiger partial charge in [0.1, 0.15) is 24.3 Å². The highest BCUT2D eigenvalue weighted by Gasteiger charge is 2.33. The first-order chi connectivity index (χ1) is 13.2. The molecule has 1 unspecified atom stereocenters. The lowest BCUT2D eigenvalue weighted by molar-refractivity contribution is 0.171. The van der Waals surface area contributed by atoms with Gasteiger partial charge in [0.15, 0.2) is 11.5 Å². The topological polar surface area (TPSA) is 60.0 Å². The normalized spacial score (nSPS) is 18.3. The highest BCUT2D eigenvalue weighted by Crippen LogP contribution is 2.43. The minimum absolute atomic E-state index is 0.102. The molecule has 2 aromatic carbocycles. The number of ether oxygens (including phenoxy) is 3. The second-order valence-electron chi connectivity index (χ2n) is 6.09. The van der Waals surface area contributed by atoms with E-state index in [2.05, 4.69) is 21.2 Å². The molecule has 8 heteroatoms. The number of halogens is 1. The van der Waals surface area contributed by atoms with E-state index in [0.29, 0.717) is 36.9 Å². The van der Waals surface area contributed by atoms with Crippen LogP contribution in [0.4, 0.5) is 10.5 Å². The number of nitrogens with one attached hydrogen (secondary N) is 1. The zero-order valence-corrected chi connectivity index (χ0v) is 17.1. The van der Waals surface area contributed by atoms with Crippen LogP contribution < -0.4 is 19.5 Å². The van der Waals surface area contributed by atoms with Crippen LogP contribution in [0, 0.1) is 0 Å². The number of hydrogen-bond donors (Lipinski definition) is 1. The SMILES string of the molecule is COc1ccc(Br)cc1C1SCCN1C(=O)Nc1ccc2c(c1)OCCO2. The number of benzene rings is 2. The van der Waals surface area contributed by atoms with Crippen LogP contribution in [0.3, 0.4) is 0 Å². The van der Waals surface area contributed by atoms with Crippen molar-refractivity contribution in [2.75, 3.05) is 37.9 Å². The fourth-order valence-electron chi connectivity index (χ4n) is 3.15. The van der Waals surface area contributed by atoms with Gasteiger partial charge in [-0.3, -0.25) is 0 Å². The first kappa shape index (κ1) is 18.3. The fraction of sp³-hybridized carbons (Fsp3) is 0.316. The third-order valence-corrected chi connectivity index (χ3v) is 6.14. The molecule has 0 saturated carbocycles. The van der Waals surface area contributed by atoms with Gasteiger partial charge in [0.05, 0.1) is 7.11 Å². The Morgan fingerprint density at radius 3 is 2.85 bits per heavy atom. The molecule has 0 aromatic heterocycles. The molecule has 6 nitrogen and oxygen atoms in total. The van der Waals surface area contributed by atoms with Gasteiger partial charge in [-0.05, 0) is 30.3 Å². The van der Waals surface area contributed by atoms with Crippen molar-refractivity contribution >= 4 is 39.4 Å². The Hall–Kier alpha value is -2.06. The summed E-state index contributed by atoms with van der Waals surface area (Å²) in [6.45, 7) is 1.72. The smallest absolute Gasteiger partial charge is 0.323 e. The number of anilines is 1. The van der Waals surface area contributed by atoms with Crippen LogP contribution in [-0.4, -0.2) is 43.6 Å². The Bertz CT molecular complexity index is 864. The van der Waals surface area contributed by atoms with Crippen molar-refractivity contribution in [1.29, 1.82) is 0 Å². The average molecular weight is 451 g/mol. The number of methoxy groups -OCH3 is 1. The van der Waals surface area contributed by atoms with Gasteiger partial charge in [0.2, 0.25) is 0 Å². The molecule has 4 rings (SSSR count). The number of nitrogens with zero attached hydrogens (tertiary/aromatic N) is 1. The predicted octanol–water partition coefficient (Wildman–Crippen LogP) is 4.51. The molecule has 1 atom stereocenters. The zero-order valence-electron chi connectivity index (χ0n) is 14.7. The number of urea groups is 1. The van der Waals surface area contributed by atoms with Gasteiger partial charge >= 0.3 is 6.03 Å². The van der Waals surface area contributed by atoms with Gasteiger partial charge in [0.25, 0.3) is 0 Å². The molecule has 0 aliphatic carbocycles. The zero-order chi connectivity index (χ0) is 18.8. The van der Waals surface area contributed by atoms with Crippen LogP contribution in [0.25, 0.3) is 0 Å². The van der Waals surface area contributed by atoms with Crippen molar-refractivity contribution in [3.05, 3.63) is 46.4 Å². The monoisotopic (exact) mass is 450 g/mol. The Kier molecular flexibility index (Phi) is 5.36. The molecule has 1 N–H and O–H groups in total. The summed E-state index contributed by atoms with van der Waals surface area (Å²) in [6, 6.07) is 11.1. The van der Waals surface area contributed by atoms with Crippen molar-refractivity contribution in [3.8, 4) is 17.2 Å². The number of thioether (sulfide) groups is 1. The van der Waals surface area contributed by atoms with Gasteiger partial charge in [0, 0.05) is 34.1 Å². The quantitative estimate of drug-likeness (QED) is 0.745. The number of hydrogen-bond acceptors (Lipinski definition) is 5. The molecule has 142 valence electrons. The molecule has 2 aliphatic rings. The van der Waals surface area contributed by atoms with Crippen LogP contribution in [0.1, 0.15) is 10.9 Å². The minimum Gasteiger partial charge on any atom is -0.496 e. The van der Waals surface area contributed by atoms with Crippen LogP contribution >= 0.6 is 27.7 Å². The molecule has 2 amide bonds. The van der Waals surface area contributed by atoms with Gasteiger partial charge in [-0.1, -0.05) is 15.9 Å². The van der Waals surface area contributed by atoms with Crippen molar-refractivity contribution in [3.63, 3.8) is 0 Å². The molecular formula is C19H19BrN2O4S. The first-order valence-electron chi connectivity index (χ1n) is 8.58. The largest absolute Gasteiger partial charge is 0.496 e. The molecular weight excluding hydrogens is 432 g/mol. The highest BCUT2D eigenvalue weighted by atomic mass is 79.9. The molecule has 1 fully saturated rings. The first-order valence-corrected chi connectivity index (χ1v) is 10.4. The standard InChI is InChI=1S/C19H19BrN2O4S/c1-24-15-4-2-12(20)10-14(15)18-22(6-9-27-18)19(23)21-13-3-5-16-17(11-13)26-8-7-25-16/h2-5,10-11,18H,6-9H2,1H3,(H,21,23). The summed E-state index contributed by atoms with van der Waals surface area (Å²) in [4.78, 5) is 14.8. The van der Waals surface area contributed by atoms with Crippen LogP contribution in [0.2, 0.25) is 0 Å². The summed E-state index contributed by atoms with van der Waals surface area (Å²) < 4.78 is 17.6. The third kappa shape index (κ3) is 3.82. The van der Waals surface area contributed by atoms with E-state index in [1.54, 1.807) is 24.9 Å². The molecule has 2 aliphatic heterocycles. The molecule has 0 bridgehead atoms. The maximum atomic E-state index is 12.9. The Morgan fingerprint density at radius 2 is 2.04 bits per heavy atom. The molecule has 0 spiro atoms. The fourth-order valence-corrected chi connectivity index (χ4v) is 4.80. The van der Waals surface area contributed by atoms with Crippen LogP contribution in [0.5, 0.6) is 17.2 Å². The summed E-state index contributed by atoms with van der Waals surface area (Å²) in [6.07, 6.45) is 0. The van der Waals surface area contributed by atoms with Crippen molar-refractivity contribution in [2.24, 2.45) is 0 Å². The number of rotatable bonds is 3. The molecule has 1 saturated heterocycles. The van der Waals surface area contributed by atoms with Crippen molar-refractivity contribution < 1.29 is 19.0 Å². The summed E-state index contributed by atoms with van der Waals surface area (Å²) in [5.41, 5.74) is 1.66. The Balaban J connectivity index is 1.54. The average Bonchev–Trinajstić information content (AvgIpc) is 3.17. The summed E-state index contributed by atoms with van der Waals surface area (Å²) in [5, 5.41) is 2.87. The number of amides is 2. The summed E-state index contributed by atoms with van der Waals surface area (Å²) in [5.74, 6) is 3.00. The third-order valence-electron chi connectivity index (χ3n) is 4.40. The van der Waals surface area contributed by atoms with Crippen LogP contribution in [-0.2, 0) is 0 Å². The van der Waals surface area contributed by atoms with E-state index < -0.39 is 0 Å². The van der Waals surface area contributed by atoms with E-state index in [1.807, 2.05) is 35.2 Å². The van der Waals surface area contributed by atoms with Crippen molar-refractivity contribution in [2.45, 2.75) is 5.37 Å².